The summed E-state index contributed by atoms with van der Waals surface area (Å²) < 4.78 is 28.2. The van der Waals surface area contributed by atoms with Gasteiger partial charge in [-0.05, 0) is 67.7 Å². The third-order valence-corrected chi connectivity index (χ3v) is 7.47. The summed E-state index contributed by atoms with van der Waals surface area (Å²) in [5, 5.41) is 14.1. The third-order valence-electron chi connectivity index (χ3n) is 6.48. The average Bonchev–Trinajstić information content (AvgIpc) is 2.86. The summed E-state index contributed by atoms with van der Waals surface area (Å²) in [5.74, 6) is -0.706. The lowest BCUT2D eigenvalue weighted by molar-refractivity contribution is -0.117. The smallest absolute Gasteiger partial charge is 0.309 e. The van der Waals surface area contributed by atoms with Gasteiger partial charge in [-0.2, -0.15) is 8.39 Å². The summed E-state index contributed by atoms with van der Waals surface area (Å²) in [6.45, 7) is 1.99. The van der Waals surface area contributed by atoms with Gasteiger partial charge in [-0.15, -0.1) is 4.91 Å². The van der Waals surface area contributed by atoms with Crippen molar-refractivity contribution in [1.29, 1.82) is 0 Å². The van der Waals surface area contributed by atoms with Gasteiger partial charge in [-0.3, -0.25) is 4.79 Å². The number of amides is 1. The van der Waals surface area contributed by atoms with Crippen LogP contribution in [-0.4, -0.2) is 17.1 Å². The van der Waals surface area contributed by atoms with Crippen LogP contribution in [0, 0.1) is 4.91 Å². The highest BCUT2D eigenvalue weighted by Gasteiger charge is 2.45. The van der Waals surface area contributed by atoms with Crippen LogP contribution < -0.4 is 11.1 Å². The van der Waals surface area contributed by atoms with Crippen molar-refractivity contribution in [3.8, 4) is 0 Å². The Morgan fingerprint density at radius 3 is 2.44 bits per heavy atom. The number of halogens is 2. The molecule has 0 aliphatic heterocycles. The lowest BCUT2D eigenvalue weighted by Crippen LogP contribution is -2.40. The maximum absolute atomic E-state index is 14.1. The van der Waals surface area contributed by atoms with E-state index in [1.807, 2.05) is 6.92 Å². The molecular weight excluding hydrogens is 459 g/mol. The minimum absolute atomic E-state index is 0.0380. The monoisotopic (exact) mass is 489 g/mol. The van der Waals surface area contributed by atoms with Crippen LogP contribution in [-0.2, 0) is 10.1 Å². The molecule has 1 fully saturated rings. The molecule has 0 aromatic heterocycles. The number of hydrogen-bond acceptors (Lipinski definition) is 5. The molecule has 1 saturated carbocycles. The minimum atomic E-state index is -3.80. The molecule has 1 aromatic rings. The van der Waals surface area contributed by atoms with Crippen LogP contribution in [0.25, 0.3) is 0 Å². The topological polar surface area (TPSA) is 105 Å². The van der Waals surface area contributed by atoms with E-state index in [9.17, 15) is 23.2 Å². The number of carbonyl (C=O) groups excluding carboxylic acids is 1. The van der Waals surface area contributed by atoms with Gasteiger partial charge in [0.15, 0.2) is 0 Å². The molecule has 9 heteroatoms. The summed E-state index contributed by atoms with van der Waals surface area (Å²) in [5.41, 5.74) is 9.67. The first-order chi connectivity index (χ1) is 16.3. The number of allylic oxidation sites excluding steroid dienone is 5. The third kappa shape index (κ3) is 5.68. The molecule has 34 heavy (non-hydrogen) atoms. The minimum Gasteiger partial charge on any atom is -0.403 e. The van der Waals surface area contributed by atoms with Crippen molar-refractivity contribution in [2.45, 2.75) is 63.3 Å². The molecule has 1 unspecified atom stereocenters. The molecule has 0 saturated heterocycles. The van der Waals surface area contributed by atoms with Crippen LogP contribution in [0.2, 0.25) is 0 Å². The molecule has 1 aromatic carbocycles. The molecule has 1 atom stereocenters. The number of aliphatic hydroxyl groups is 1. The van der Waals surface area contributed by atoms with Crippen molar-refractivity contribution in [2.75, 3.05) is 0 Å². The largest absolute Gasteiger partial charge is 0.403 e. The van der Waals surface area contributed by atoms with E-state index in [0.29, 0.717) is 25.7 Å². The van der Waals surface area contributed by atoms with Crippen molar-refractivity contribution in [3.05, 3.63) is 87.1 Å². The van der Waals surface area contributed by atoms with E-state index in [4.69, 9.17) is 5.73 Å². The van der Waals surface area contributed by atoms with E-state index in [-0.39, 0.29) is 23.7 Å². The Morgan fingerprint density at radius 1 is 1.24 bits per heavy atom. The first-order valence-electron chi connectivity index (χ1n) is 11.3. The van der Waals surface area contributed by atoms with Gasteiger partial charge in [-0.25, -0.2) is 0 Å². The zero-order valence-corrected chi connectivity index (χ0v) is 20.0. The predicted molar refractivity (Wildman–Crippen MR) is 131 cm³/mol. The van der Waals surface area contributed by atoms with E-state index in [1.165, 1.54) is 12.1 Å². The van der Waals surface area contributed by atoms with E-state index in [0.717, 1.165) is 41.3 Å². The maximum atomic E-state index is 14.1. The summed E-state index contributed by atoms with van der Waals surface area (Å²) >= 11 is 0. The van der Waals surface area contributed by atoms with Gasteiger partial charge < -0.3 is 16.2 Å². The summed E-state index contributed by atoms with van der Waals surface area (Å²) in [6.07, 6.45) is 9.49. The molecule has 0 heterocycles. The van der Waals surface area contributed by atoms with Gasteiger partial charge in [0.1, 0.15) is 0 Å². The standard InChI is InChI=1S/C25H30F2N3O3P/c1-17-7-5-6-10-21(17)22(15-24(31)30-33)18-11-13-20(14-12-18)29-23(16-28)25(32,34(26)27)19-8-3-2-4-9-19/h2-4,7-10,16,20,29,32H,5-6,11-15,28H2,1H3/b22-18?,23-16-. The first kappa shape index (κ1) is 25.9. The fourth-order valence-corrected chi connectivity index (χ4v) is 5.33. The second-order valence-corrected chi connectivity index (χ2v) is 9.71. The molecule has 6 nitrogen and oxygen atoms in total. The van der Waals surface area contributed by atoms with Crippen LogP contribution in [0.5, 0.6) is 0 Å². The molecule has 0 radical (unpaired) electrons. The Balaban J connectivity index is 1.80. The van der Waals surface area contributed by atoms with Crippen LogP contribution in [0.3, 0.4) is 0 Å². The van der Waals surface area contributed by atoms with Gasteiger partial charge in [0.05, 0.1) is 12.1 Å². The number of nitrogens with two attached hydrogens (primary N) is 1. The molecule has 0 spiro atoms. The quantitative estimate of drug-likeness (QED) is 0.304. The van der Waals surface area contributed by atoms with Gasteiger partial charge >= 0.3 is 8.54 Å². The summed E-state index contributed by atoms with van der Waals surface area (Å²) in [7, 11) is -3.80. The highest BCUT2D eigenvalue weighted by molar-refractivity contribution is 7.47. The highest BCUT2D eigenvalue weighted by atomic mass is 31.2. The van der Waals surface area contributed by atoms with Crippen molar-refractivity contribution in [3.63, 3.8) is 0 Å². The first-order valence-corrected chi connectivity index (χ1v) is 12.5. The predicted octanol–water partition coefficient (Wildman–Crippen LogP) is 6.06. The number of hydrogen-bond donors (Lipinski definition) is 3. The second-order valence-electron chi connectivity index (χ2n) is 8.60. The van der Waals surface area contributed by atoms with Crippen molar-refractivity contribution < 1.29 is 18.3 Å². The number of nitrogens with one attached hydrogen (secondary N) is 1. The Morgan fingerprint density at radius 2 is 1.88 bits per heavy atom. The van der Waals surface area contributed by atoms with Gasteiger partial charge in [0.2, 0.25) is 5.34 Å². The number of rotatable bonds is 8. The van der Waals surface area contributed by atoms with Crippen LogP contribution in [0.15, 0.2) is 81.9 Å². The summed E-state index contributed by atoms with van der Waals surface area (Å²) in [4.78, 5) is 22.7. The fourth-order valence-electron chi connectivity index (χ4n) is 4.67. The maximum Gasteiger partial charge on any atom is 0.309 e. The lowest BCUT2D eigenvalue weighted by Gasteiger charge is -2.35. The SMILES string of the molecule is CC1=CCCC=C1C(CC(=O)N=O)=C1CCC(N/C(=C\N)C(O)(c2ccccc2)P(F)F)CC1. The molecule has 182 valence electrons. The van der Waals surface area contributed by atoms with Crippen molar-refractivity contribution in [2.24, 2.45) is 10.9 Å². The molecule has 4 N–H and O–H groups in total. The normalized spacial score (nSPS) is 20.8. The Labute approximate surface area is 199 Å². The molecular formula is C25H30F2N3O3P. The Kier molecular flexibility index (Phi) is 8.86. The van der Waals surface area contributed by atoms with Crippen molar-refractivity contribution >= 4 is 14.5 Å². The van der Waals surface area contributed by atoms with Crippen LogP contribution >= 0.6 is 8.54 Å². The summed E-state index contributed by atoms with van der Waals surface area (Å²) in [6, 6.07) is 7.62. The zero-order chi connectivity index (χ0) is 24.7. The number of carbonyl (C=O) groups is 1. The lowest BCUT2D eigenvalue weighted by atomic mass is 9.81. The average molecular weight is 490 g/mol. The zero-order valence-electron chi connectivity index (χ0n) is 19.1. The number of nitrogens with zero attached hydrogens (tertiary/aromatic N) is 1. The molecule has 1 amide bonds. The molecule has 0 bridgehead atoms. The van der Waals surface area contributed by atoms with Gasteiger partial charge in [0.25, 0.3) is 5.91 Å². The number of nitroso groups, excluding NO2 is 1. The van der Waals surface area contributed by atoms with Gasteiger partial charge in [0, 0.05) is 17.4 Å². The van der Waals surface area contributed by atoms with E-state index in [1.54, 1.807) is 18.2 Å². The Hall–Kier alpha value is -2.70. The van der Waals surface area contributed by atoms with Gasteiger partial charge in [-0.1, -0.05) is 48.1 Å². The molecule has 2 aliphatic rings. The Bertz CT molecular complexity index is 1030. The number of benzene rings is 1. The van der Waals surface area contributed by atoms with Crippen molar-refractivity contribution in [1.82, 2.24) is 5.32 Å². The van der Waals surface area contributed by atoms with E-state index in [2.05, 4.69) is 22.6 Å². The van der Waals surface area contributed by atoms with E-state index < -0.39 is 19.8 Å². The molecule has 2 aliphatic carbocycles. The molecule has 3 rings (SSSR count). The van der Waals surface area contributed by atoms with Crippen LogP contribution in [0.4, 0.5) is 8.39 Å². The van der Waals surface area contributed by atoms with Crippen LogP contribution in [0.1, 0.15) is 57.4 Å². The fraction of sp³-hybridized carbons (Fsp3) is 0.400. The highest BCUT2D eigenvalue weighted by Crippen LogP contribution is 2.60. The van der Waals surface area contributed by atoms with E-state index >= 15 is 0 Å². The second kappa shape index (κ2) is 11.6.